The summed E-state index contributed by atoms with van der Waals surface area (Å²) in [5.41, 5.74) is 1.95. The molecule has 0 bridgehead atoms. The maximum absolute atomic E-state index is 11.1. The van der Waals surface area contributed by atoms with Crippen molar-refractivity contribution in [1.82, 2.24) is 0 Å². The Morgan fingerprint density at radius 1 is 1.14 bits per heavy atom. The monoisotopic (exact) mass is 285 g/mol. The molecule has 0 amide bonds. The first-order valence-corrected chi connectivity index (χ1v) is 6.88. The number of carboxylic acids is 1. The van der Waals surface area contributed by atoms with Crippen LogP contribution in [0.2, 0.25) is 0 Å². The normalized spacial score (nSPS) is 10.4. The van der Waals surface area contributed by atoms with Crippen molar-refractivity contribution in [1.29, 1.82) is 0 Å². The lowest BCUT2D eigenvalue weighted by atomic mass is 10.1. The van der Waals surface area contributed by atoms with Crippen molar-refractivity contribution < 1.29 is 14.6 Å². The molecule has 0 atom stereocenters. The Morgan fingerprint density at radius 2 is 1.81 bits per heavy atom. The van der Waals surface area contributed by atoms with Crippen LogP contribution in [0.4, 0.5) is 5.69 Å². The highest BCUT2D eigenvalue weighted by Crippen LogP contribution is 2.18. The molecule has 0 aliphatic rings. The van der Waals surface area contributed by atoms with E-state index in [1.807, 2.05) is 44.2 Å². The fourth-order valence-corrected chi connectivity index (χ4v) is 1.98. The third-order valence-electron chi connectivity index (χ3n) is 2.94. The van der Waals surface area contributed by atoms with Crippen LogP contribution in [0, 0.1) is 0 Å². The summed E-state index contributed by atoms with van der Waals surface area (Å²) in [5.74, 6) is -0.0986. The number of para-hydroxylation sites is 1. The third-order valence-corrected chi connectivity index (χ3v) is 2.94. The molecule has 4 nitrogen and oxygen atoms in total. The maximum Gasteiger partial charge on any atom is 0.337 e. The van der Waals surface area contributed by atoms with Crippen LogP contribution in [0.3, 0.4) is 0 Å². The van der Waals surface area contributed by atoms with Gasteiger partial charge in [-0.25, -0.2) is 4.79 Å². The van der Waals surface area contributed by atoms with Crippen molar-refractivity contribution in [3.05, 3.63) is 59.7 Å². The molecule has 2 aromatic rings. The van der Waals surface area contributed by atoms with Gasteiger partial charge in [-0.05, 0) is 43.7 Å². The maximum atomic E-state index is 11.1. The predicted octanol–water partition coefficient (Wildman–Crippen LogP) is 3.78. The van der Waals surface area contributed by atoms with E-state index in [1.165, 1.54) is 0 Å². The average molecular weight is 285 g/mol. The van der Waals surface area contributed by atoms with Gasteiger partial charge < -0.3 is 15.2 Å². The van der Waals surface area contributed by atoms with Gasteiger partial charge in [-0.3, -0.25) is 0 Å². The summed E-state index contributed by atoms with van der Waals surface area (Å²) in [6, 6.07) is 14.6. The van der Waals surface area contributed by atoms with Gasteiger partial charge in [0.1, 0.15) is 5.75 Å². The number of hydrogen-bond acceptors (Lipinski definition) is 3. The van der Waals surface area contributed by atoms with Crippen LogP contribution in [0.25, 0.3) is 0 Å². The second-order valence-electron chi connectivity index (χ2n) is 5.01. The number of anilines is 1. The summed E-state index contributed by atoms with van der Waals surface area (Å²) < 4.78 is 5.58. The molecule has 0 radical (unpaired) electrons. The molecule has 21 heavy (non-hydrogen) atoms. The quantitative estimate of drug-likeness (QED) is 0.848. The Bertz CT molecular complexity index is 606. The van der Waals surface area contributed by atoms with Gasteiger partial charge in [0, 0.05) is 12.2 Å². The molecule has 0 heterocycles. The highest BCUT2D eigenvalue weighted by molar-refractivity contribution is 5.94. The molecular formula is C17H19NO3. The molecule has 110 valence electrons. The van der Waals surface area contributed by atoms with Gasteiger partial charge in [0.15, 0.2) is 0 Å². The van der Waals surface area contributed by atoms with Crippen LogP contribution in [-0.4, -0.2) is 17.2 Å². The summed E-state index contributed by atoms with van der Waals surface area (Å²) in [6.07, 6.45) is 0.149. The van der Waals surface area contributed by atoms with E-state index >= 15 is 0 Å². The van der Waals surface area contributed by atoms with E-state index in [-0.39, 0.29) is 11.7 Å². The first kappa shape index (κ1) is 14.9. The Kier molecular flexibility index (Phi) is 4.82. The molecule has 0 aliphatic carbocycles. The lowest BCUT2D eigenvalue weighted by molar-refractivity contribution is 0.0698. The van der Waals surface area contributed by atoms with Gasteiger partial charge >= 0.3 is 5.97 Å². The van der Waals surface area contributed by atoms with Crippen LogP contribution in [0.1, 0.15) is 29.8 Å². The zero-order chi connectivity index (χ0) is 15.2. The molecular weight excluding hydrogens is 266 g/mol. The Morgan fingerprint density at radius 3 is 2.43 bits per heavy atom. The molecule has 0 saturated heterocycles. The molecule has 0 aliphatic heterocycles. The van der Waals surface area contributed by atoms with Crippen molar-refractivity contribution >= 4 is 11.7 Å². The molecule has 0 unspecified atom stereocenters. The standard InChI is InChI=1S/C17H19NO3/c1-12(2)21-14-9-7-13(8-10-14)11-18-16-6-4-3-5-15(16)17(19)20/h3-10,12,18H,11H2,1-2H3,(H,19,20). The number of carbonyl (C=O) groups is 1. The average Bonchev–Trinajstić information content (AvgIpc) is 2.46. The Hall–Kier alpha value is -2.49. The molecule has 0 spiro atoms. The lowest BCUT2D eigenvalue weighted by Crippen LogP contribution is -2.07. The van der Waals surface area contributed by atoms with Gasteiger partial charge in [0.2, 0.25) is 0 Å². The number of benzene rings is 2. The SMILES string of the molecule is CC(C)Oc1ccc(CNc2ccccc2C(=O)O)cc1. The van der Waals surface area contributed by atoms with E-state index in [0.717, 1.165) is 11.3 Å². The smallest absolute Gasteiger partial charge is 0.337 e. The topological polar surface area (TPSA) is 58.6 Å². The van der Waals surface area contributed by atoms with Crippen LogP contribution in [-0.2, 0) is 6.54 Å². The highest BCUT2D eigenvalue weighted by Gasteiger charge is 2.08. The van der Waals surface area contributed by atoms with Crippen LogP contribution in [0.15, 0.2) is 48.5 Å². The summed E-state index contributed by atoms with van der Waals surface area (Å²) >= 11 is 0. The Labute approximate surface area is 124 Å². The molecule has 2 aromatic carbocycles. The minimum Gasteiger partial charge on any atom is -0.491 e. The van der Waals surface area contributed by atoms with Crippen molar-refractivity contribution in [2.75, 3.05) is 5.32 Å². The van der Waals surface area contributed by atoms with Crippen molar-refractivity contribution in [2.24, 2.45) is 0 Å². The zero-order valence-corrected chi connectivity index (χ0v) is 12.2. The minimum atomic E-state index is -0.932. The van der Waals surface area contributed by atoms with Gasteiger partial charge in [0.05, 0.1) is 11.7 Å². The number of rotatable bonds is 6. The van der Waals surface area contributed by atoms with E-state index in [1.54, 1.807) is 18.2 Å². The third kappa shape index (κ3) is 4.24. The summed E-state index contributed by atoms with van der Waals surface area (Å²) in [4.78, 5) is 11.1. The molecule has 2 rings (SSSR count). The first-order valence-electron chi connectivity index (χ1n) is 6.88. The van der Waals surface area contributed by atoms with Crippen LogP contribution in [0.5, 0.6) is 5.75 Å². The largest absolute Gasteiger partial charge is 0.491 e. The van der Waals surface area contributed by atoms with Gasteiger partial charge in [-0.2, -0.15) is 0 Å². The van der Waals surface area contributed by atoms with Crippen molar-refractivity contribution in [3.8, 4) is 5.75 Å². The second-order valence-corrected chi connectivity index (χ2v) is 5.01. The number of nitrogens with one attached hydrogen (secondary N) is 1. The molecule has 0 saturated carbocycles. The number of ether oxygens (including phenoxy) is 1. The summed E-state index contributed by atoms with van der Waals surface area (Å²) in [6.45, 7) is 4.53. The zero-order valence-electron chi connectivity index (χ0n) is 12.2. The van der Waals surface area contributed by atoms with Gasteiger partial charge in [-0.1, -0.05) is 24.3 Å². The molecule has 0 fully saturated rings. The van der Waals surface area contributed by atoms with Crippen LogP contribution >= 0.6 is 0 Å². The first-order chi connectivity index (χ1) is 10.1. The minimum absolute atomic E-state index is 0.149. The number of carboxylic acid groups (broad SMARTS) is 1. The van der Waals surface area contributed by atoms with Crippen LogP contribution < -0.4 is 10.1 Å². The van der Waals surface area contributed by atoms with E-state index in [2.05, 4.69) is 5.32 Å². The van der Waals surface area contributed by atoms with Gasteiger partial charge in [0.25, 0.3) is 0 Å². The van der Waals surface area contributed by atoms with Crippen molar-refractivity contribution in [2.45, 2.75) is 26.5 Å². The summed E-state index contributed by atoms with van der Waals surface area (Å²) in [5, 5.41) is 12.3. The second kappa shape index (κ2) is 6.79. The number of aromatic carboxylic acids is 1. The number of hydrogen-bond donors (Lipinski definition) is 2. The Balaban J connectivity index is 2.02. The van der Waals surface area contributed by atoms with E-state index in [9.17, 15) is 4.79 Å². The highest BCUT2D eigenvalue weighted by atomic mass is 16.5. The molecule has 2 N–H and O–H groups in total. The van der Waals surface area contributed by atoms with Gasteiger partial charge in [-0.15, -0.1) is 0 Å². The molecule has 4 heteroatoms. The van der Waals surface area contributed by atoms with E-state index in [0.29, 0.717) is 12.2 Å². The lowest BCUT2D eigenvalue weighted by Gasteiger charge is -2.12. The van der Waals surface area contributed by atoms with Crippen molar-refractivity contribution in [3.63, 3.8) is 0 Å². The fourth-order valence-electron chi connectivity index (χ4n) is 1.98. The van der Waals surface area contributed by atoms with E-state index in [4.69, 9.17) is 9.84 Å². The summed E-state index contributed by atoms with van der Waals surface area (Å²) in [7, 11) is 0. The predicted molar refractivity (Wildman–Crippen MR) is 82.9 cm³/mol. The molecule has 0 aromatic heterocycles. The fraction of sp³-hybridized carbons (Fsp3) is 0.235. The van der Waals surface area contributed by atoms with E-state index < -0.39 is 5.97 Å².